The van der Waals surface area contributed by atoms with E-state index in [4.69, 9.17) is 4.74 Å². The normalized spacial score (nSPS) is 30.3. The molecule has 1 aromatic carbocycles. The van der Waals surface area contributed by atoms with Gasteiger partial charge in [-0.3, -0.25) is 4.79 Å². The number of rotatable bonds is 3. The number of carboxylic acids is 1. The van der Waals surface area contributed by atoms with Gasteiger partial charge in [0.2, 0.25) is 0 Å². The topological polar surface area (TPSA) is 46.5 Å². The number of carbonyl (C=O) groups is 1. The minimum atomic E-state index is -1.10. The molecule has 0 bridgehead atoms. The first-order valence-electron chi connectivity index (χ1n) is 5.77. The predicted octanol–water partition coefficient (Wildman–Crippen LogP) is 2.54. The maximum atomic E-state index is 11.6. The van der Waals surface area contributed by atoms with E-state index in [-0.39, 0.29) is 0 Å². The Morgan fingerprint density at radius 3 is 2.11 bits per heavy atom. The Labute approximate surface area is 106 Å². The van der Waals surface area contributed by atoms with Crippen molar-refractivity contribution in [2.24, 2.45) is 0 Å². The van der Waals surface area contributed by atoms with Gasteiger partial charge in [0.25, 0.3) is 0 Å². The van der Waals surface area contributed by atoms with Crippen LogP contribution in [-0.4, -0.2) is 23.8 Å². The van der Waals surface area contributed by atoms with Crippen LogP contribution in [0.5, 0.6) is 0 Å². The van der Waals surface area contributed by atoms with Gasteiger partial charge in [-0.05, 0) is 12.5 Å². The molecule has 1 aromatic rings. The highest BCUT2D eigenvalue weighted by Gasteiger charge is 2.39. The fourth-order valence-corrected chi connectivity index (χ4v) is 2.01. The quantitative estimate of drug-likeness (QED) is 0.831. The standard InChI is InChI=1S/C15H16O3/c1-14(18-2)8-10-15(11-9-14,13(16)17)12-6-4-3-5-7-12/h3-11H,1-2H3,(H,16,17). The van der Waals surface area contributed by atoms with E-state index in [9.17, 15) is 9.90 Å². The summed E-state index contributed by atoms with van der Waals surface area (Å²) in [6.45, 7) is 1.89. The molecule has 1 aliphatic rings. The summed E-state index contributed by atoms with van der Waals surface area (Å²) in [5.74, 6) is -0.889. The van der Waals surface area contributed by atoms with E-state index >= 15 is 0 Å². The van der Waals surface area contributed by atoms with Crippen LogP contribution in [0.15, 0.2) is 54.6 Å². The summed E-state index contributed by atoms with van der Waals surface area (Å²) in [5.41, 5.74) is -0.893. The molecular weight excluding hydrogens is 228 g/mol. The maximum absolute atomic E-state index is 11.6. The molecule has 0 aliphatic heterocycles. The minimum Gasteiger partial charge on any atom is -0.480 e. The van der Waals surface area contributed by atoms with Crippen molar-refractivity contribution in [3.05, 3.63) is 60.2 Å². The maximum Gasteiger partial charge on any atom is 0.321 e. The number of methoxy groups -OCH3 is 1. The average molecular weight is 244 g/mol. The molecule has 3 nitrogen and oxygen atoms in total. The number of benzene rings is 1. The second-order valence-electron chi connectivity index (χ2n) is 4.59. The highest BCUT2D eigenvalue weighted by molar-refractivity contribution is 5.87. The van der Waals surface area contributed by atoms with E-state index in [0.717, 1.165) is 5.56 Å². The average Bonchev–Trinajstić information content (AvgIpc) is 2.40. The van der Waals surface area contributed by atoms with Crippen LogP contribution in [0.3, 0.4) is 0 Å². The van der Waals surface area contributed by atoms with Crippen LogP contribution in [-0.2, 0) is 14.9 Å². The van der Waals surface area contributed by atoms with Gasteiger partial charge in [-0.15, -0.1) is 0 Å². The SMILES string of the molecule is COC1(C)C=CC(C(=O)O)(c2ccccc2)C=C1. The van der Waals surface area contributed by atoms with Crippen LogP contribution in [0.25, 0.3) is 0 Å². The first-order chi connectivity index (χ1) is 8.52. The largest absolute Gasteiger partial charge is 0.480 e. The van der Waals surface area contributed by atoms with Crippen LogP contribution in [0.4, 0.5) is 0 Å². The summed E-state index contributed by atoms with van der Waals surface area (Å²) >= 11 is 0. The predicted molar refractivity (Wildman–Crippen MR) is 69.4 cm³/mol. The lowest BCUT2D eigenvalue weighted by molar-refractivity contribution is -0.140. The van der Waals surface area contributed by atoms with Gasteiger partial charge in [0.05, 0.1) is 0 Å². The van der Waals surface area contributed by atoms with Gasteiger partial charge in [0.1, 0.15) is 11.0 Å². The van der Waals surface area contributed by atoms with E-state index in [0.29, 0.717) is 0 Å². The van der Waals surface area contributed by atoms with E-state index in [1.165, 1.54) is 0 Å². The lowest BCUT2D eigenvalue weighted by Crippen LogP contribution is -2.37. The van der Waals surface area contributed by atoms with Crippen molar-refractivity contribution in [2.45, 2.75) is 17.9 Å². The molecule has 0 fully saturated rings. The van der Waals surface area contributed by atoms with Crippen molar-refractivity contribution in [3.63, 3.8) is 0 Å². The molecule has 2 rings (SSSR count). The summed E-state index contributed by atoms with van der Waals surface area (Å²) in [6.07, 6.45) is 6.95. The summed E-state index contributed by atoms with van der Waals surface area (Å²) in [4.78, 5) is 11.6. The zero-order valence-corrected chi connectivity index (χ0v) is 10.5. The van der Waals surface area contributed by atoms with Crippen LogP contribution < -0.4 is 0 Å². The molecule has 0 saturated carbocycles. The Hall–Kier alpha value is -1.87. The van der Waals surface area contributed by atoms with Gasteiger partial charge in [0.15, 0.2) is 0 Å². The Morgan fingerprint density at radius 1 is 1.11 bits per heavy atom. The number of hydrogen-bond donors (Lipinski definition) is 1. The zero-order valence-electron chi connectivity index (χ0n) is 10.5. The van der Waals surface area contributed by atoms with Gasteiger partial charge in [-0.1, -0.05) is 54.6 Å². The fourth-order valence-electron chi connectivity index (χ4n) is 2.01. The number of aliphatic carboxylic acids is 1. The van der Waals surface area contributed by atoms with Crippen LogP contribution >= 0.6 is 0 Å². The van der Waals surface area contributed by atoms with Gasteiger partial charge in [-0.25, -0.2) is 0 Å². The van der Waals surface area contributed by atoms with Crippen LogP contribution in [0, 0.1) is 0 Å². The molecule has 0 amide bonds. The van der Waals surface area contributed by atoms with Crippen molar-refractivity contribution in [2.75, 3.05) is 7.11 Å². The molecule has 18 heavy (non-hydrogen) atoms. The molecule has 3 heteroatoms. The summed E-state index contributed by atoms with van der Waals surface area (Å²) in [5, 5.41) is 9.54. The highest BCUT2D eigenvalue weighted by Crippen LogP contribution is 2.34. The van der Waals surface area contributed by atoms with Crippen molar-refractivity contribution in [1.29, 1.82) is 0 Å². The lowest BCUT2D eigenvalue weighted by Gasteiger charge is -2.31. The van der Waals surface area contributed by atoms with Gasteiger partial charge in [-0.2, -0.15) is 0 Å². The van der Waals surface area contributed by atoms with Crippen molar-refractivity contribution >= 4 is 5.97 Å². The lowest BCUT2D eigenvalue weighted by atomic mass is 9.75. The first-order valence-corrected chi connectivity index (χ1v) is 5.77. The monoisotopic (exact) mass is 244 g/mol. The van der Waals surface area contributed by atoms with Crippen LogP contribution in [0.1, 0.15) is 12.5 Å². The number of hydrogen-bond acceptors (Lipinski definition) is 2. The minimum absolute atomic E-state index is 0.534. The number of carboxylic acid groups (broad SMARTS) is 1. The first kappa shape index (κ1) is 12.6. The number of ether oxygens (including phenoxy) is 1. The Morgan fingerprint density at radius 2 is 1.67 bits per heavy atom. The fraction of sp³-hybridized carbons (Fsp3) is 0.267. The molecule has 0 saturated heterocycles. The molecule has 94 valence electrons. The third kappa shape index (κ3) is 1.97. The van der Waals surface area contributed by atoms with E-state index < -0.39 is 17.0 Å². The smallest absolute Gasteiger partial charge is 0.321 e. The summed E-state index contributed by atoms with van der Waals surface area (Å²) < 4.78 is 5.32. The summed E-state index contributed by atoms with van der Waals surface area (Å²) in [7, 11) is 1.60. The van der Waals surface area contributed by atoms with Gasteiger partial charge >= 0.3 is 5.97 Å². The van der Waals surface area contributed by atoms with Crippen LogP contribution in [0.2, 0.25) is 0 Å². The molecule has 0 spiro atoms. The molecular formula is C15H16O3. The molecule has 0 heterocycles. The highest BCUT2D eigenvalue weighted by atomic mass is 16.5. The summed E-state index contributed by atoms with van der Waals surface area (Å²) in [6, 6.07) is 9.18. The van der Waals surface area contributed by atoms with Crippen molar-refractivity contribution in [3.8, 4) is 0 Å². The van der Waals surface area contributed by atoms with Gasteiger partial charge < -0.3 is 9.84 Å². The van der Waals surface area contributed by atoms with E-state index in [1.807, 2.05) is 37.3 Å². The van der Waals surface area contributed by atoms with Crippen molar-refractivity contribution in [1.82, 2.24) is 0 Å². The molecule has 0 radical (unpaired) electrons. The molecule has 0 atom stereocenters. The Balaban J connectivity index is 2.48. The van der Waals surface area contributed by atoms with E-state index in [2.05, 4.69) is 0 Å². The van der Waals surface area contributed by atoms with Crippen molar-refractivity contribution < 1.29 is 14.6 Å². The second kappa shape index (κ2) is 4.42. The molecule has 0 unspecified atom stereocenters. The Kier molecular flexibility index (Phi) is 3.09. The van der Waals surface area contributed by atoms with Gasteiger partial charge in [0, 0.05) is 7.11 Å². The molecule has 0 aromatic heterocycles. The molecule has 1 N–H and O–H groups in total. The zero-order chi connectivity index (χ0) is 13.2. The molecule has 1 aliphatic carbocycles. The van der Waals surface area contributed by atoms with E-state index in [1.54, 1.807) is 31.4 Å². The third-order valence-corrected chi connectivity index (χ3v) is 3.40. The second-order valence-corrected chi connectivity index (χ2v) is 4.59. The third-order valence-electron chi connectivity index (χ3n) is 3.40. The Bertz CT molecular complexity index is 486.